The average molecular weight is 553 g/mol. The van der Waals surface area contributed by atoms with Crippen LogP contribution in [0.3, 0.4) is 0 Å². The molecule has 2 aromatic carbocycles. The number of nitrogens with one attached hydrogen (secondary N) is 1. The van der Waals surface area contributed by atoms with Crippen molar-refractivity contribution in [2.45, 2.75) is 50.4 Å². The number of anilines is 1. The summed E-state index contributed by atoms with van der Waals surface area (Å²) in [5.74, 6) is 3.15. The Kier molecular flexibility index (Phi) is 7.08. The van der Waals surface area contributed by atoms with Crippen LogP contribution in [0.25, 0.3) is 16.6 Å². The monoisotopic (exact) mass is 551 g/mol. The maximum absolute atomic E-state index is 6.57. The fourth-order valence-corrected chi connectivity index (χ4v) is 6.42. The van der Waals surface area contributed by atoms with Crippen molar-refractivity contribution in [3.05, 3.63) is 64.0 Å². The second-order valence-electron chi connectivity index (χ2n) is 10.1. The van der Waals surface area contributed by atoms with Crippen molar-refractivity contribution in [2.24, 2.45) is 0 Å². The maximum Gasteiger partial charge on any atom is 0.169 e. The molecule has 0 radical (unpaired) electrons. The Balaban J connectivity index is 1.52. The number of hydrogen-bond donors (Lipinski definition) is 2. The van der Waals surface area contributed by atoms with Crippen LogP contribution < -0.4 is 20.5 Å². The Hall–Kier alpha value is -3.00. The van der Waals surface area contributed by atoms with E-state index in [1.807, 2.05) is 12.1 Å². The van der Waals surface area contributed by atoms with Gasteiger partial charge in [0.1, 0.15) is 17.6 Å². The third-order valence-electron chi connectivity index (χ3n) is 7.89. The summed E-state index contributed by atoms with van der Waals surface area (Å²) in [4.78, 5) is 4.41. The third-order valence-corrected chi connectivity index (χ3v) is 8.63. The Morgan fingerprint density at radius 3 is 2.47 bits per heavy atom. The highest BCUT2D eigenvalue weighted by atomic mass is 35.5. The summed E-state index contributed by atoms with van der Waals surface area (Å²) in [5.41, 5.74) is 12.2. The van der Waals surface area contributed by atoms with Crippen molar-refractivity contribution in [3.8, 4) is 28.4 Å². The predicted molar refractivity (Wildman–Crippen MR) is 152 cm³/mol. The molecule has 0 unspecified atom stereocenters. The Bertz CT molecular complexity index is 1480. The smallest absolute Gasteiger partial charge is 0.169 e. The molecule has 3 heterocycles. The number of hydrogen-bond acceptors (Lipinski definition) is 6. The molecule has 198 valence electrons. The van der Waals surface area contributed by atoms with Gasteiger partial charge in [0.05, 0.1) is 22.8 Å². The van der Waals surface area contributed by atoms with E-state index in [-0.39, 0.29) is 0 Å². The molecule has 2 aromatic heterocycles. The number of methoxy groups -OCH3 is 1. The second kappa shape index (κ2) is 10.6. The molecular weight excluding hydrogens is 521 g/mol. The van der Waals surface area contributed by atoms with Gasteiger partial charge in [0.15, 0.2) is 17.3 Å². The summed E-state index contributed by atoms with van der Waals surface area (Å²) in [6.07, 6.45) is 8.56. The molecule has 3 N–H and O–H groups in total. The fourth-order valence-electron chi connectivity index (χ4n) is 6.14. The first-order valence-electron chi connectivity index (χ1n) is 13.2. The van der Waals surface area contributed by atoms with Gasteiger partial charge in [0.2, 0.25) is 0 Å². The molecule has 1 saturated carbocycles. The summed E-state index contributed by atoms with van der Waals surface area (Å²) in [7, 11) is 1.65. The summed E-state index contributed by atoms with van der Waals surface area (Å²) in [5, 5.41) is 9.18. The van der Waals surface area contributed by atoms with Crippen LogP contribution in [0.1, 0.15) is 61.6 Å². The lowest BCUT2D eigenvalue weighted by molar-refractivity contribution is 0.379. The lowest BCUT2D eigenvalue weighted by Gasteiger charge is -2.26. The first kappa shape index (κ1) is 25.3. The standard InChI is InChI=1S/C29H31Cl2N5O2/c1-37-24-14-19(6-9-23(24)38-20-7-8-21(30)22(31)15-20)26-25(17-10-12-33-13-11-17)27(18-4-2-3-5-18)36-28(26)29(32)34-16-35-36/h6-9,14-18,33H,2-5,10-13H2,1H3,(H2,32,34,35). The van der Waals surface area contributed by atoms with E-state index in [0.29, 0.717) is 44.9 Å². The van der Waals surface area contributed by atoms with Crippen molar-refractivity contribution in [1.82, 2.24) is 19.9 Å². The van der Waals surface area contributed by atoms with Crippen LogP contribution in [-0.2, 0) is 0 Å². The Morgan fingerprint density at radius 1 is 0.947 bits per heavy atom. The largest absolute Gasteiger partial charge is 0.493 e. The van der Waals surface area contributed by atoms with Gasteiger partial charge in [-0.15, -0.1) is 0 Å². The zero-order valence-electron chi connectivity index (χ0n) is 21.3. The van der Waals surface area contributed by atoms with Crippen LogP contribution in [0.4, 0.5) is 5.82 Å². The highest BCUT2D eigenvalue weighted by Gasteiger charge is 2.34. The van der Waals surface area contributed by atoms with Gasteiger partial charge in [-0.3, -0.25) is 0 Å². The number of nitrogen functional groups attached to an aromatic ring is 1. The summed E-state index contributed by atoms with van der Waals surface area (Å²) in [6, 6.07) is 11.2. The number of piperidine rings is 1. The minimum absolute atomic E-state index is 0.418. The molecule has 0 bridgehead atoms. The lowest BCUT2D eigenvalue weighted by atomic mass is 9.82. The molecule has 0 atom stereocenters. The highest BCUT2D eigenvalue weighted by Crippen LogP contribution is 2.49. The van der Waals surface area contributed by atoms with E-state index in [9.17, 15) is 0 Å². The summed E-state index contributed by atoms with van der Waals surface area (Å²) >= 11 is 12.3. The number of nitrogens with zero attached hydrogens (tertiary/aromatic N) is 3. The van der Waals surface area contributed by atoms with E-state index >= 15 is 0 Å². The molecule has 6 rings (SSSR count). The molecule has 38 heavy (non-hydrogen) atoms. The minimum atomic E-state index is 0.418. The number of aromatic nitrogens is 3. The van der Waals surface area contributed by atoms with Crippen LogP contribution in [-0.4, -0.2) is 34.8 Å². The molecule has 2 aliphatic rings. The number of benzene rings is 2. The van der Waals surface area contributed by atoms with Crippen LogP contribution in [0.2, 0.25) is 10.0 Å². The first-order valence-corrected chi connectivity index (χ1v) is 14.0. The molecule has 9 heteroatoms. The molecule has 1 aliphatic heterocycles. The summed E-state index contributed by atoms with van der Waals surface area (Å²) in [6.45, 7) is 2.00. The topological polar surface area (TPSA) is 86.7 Å². The first-order chi connectivity index (χ1) is 18.5. The van der Waals surface area contributed by atoms with Gasteiger partial charge in [-0.2, -0.15) is 5.10 Å². The summed E-state index contributed by atoms with van der Waals surface area (Å²) < 4.78 is 14.0. The van der Waals surface area contributed by atoms with Gasteiger partial charge >= 0.3 is 0 Å². The van der Waals surface area contributed by atoms with Gasteiger partial charge in [-0.05, 0) is 80.1 Å². The van der Waals surface area contributed by atoms with Gasteiger partial charge in [0.25, 0.3) is 0 Å². The van der Waals surface area contributed by atoms with E-state index in [4.69, 9.17) is 43.5 Å². The van der Waals surface area contributed by atoms with Crippen LogP contribution in [0.15, 0.2) is 42.7 Å². The van der Waals surface area contributed by atoms with Gasteiger partial charge in [-0.1, -0.05) is 42.1 Å². The molecule has 7 nitrogen and oxygen atoms in total. The zero-order chi connectivity index (χ0) is 26.2. The number of nitrogens with two attached hydrogens (primary N) is 1. The molecule has 1 aliphatic carbocycles. The Morgan fingerprint density at radius 2 is 1.74 bits per heavy atom. The SMILES string of the molecule is COc1cc(-c2c(C3CCNCC3)c(C3CCCC3)n3ncnc(N)c23)ccc1Oc1ccc(Cl)c(Cl)c1. The molecular formula is C29H31Cl2N5O2. The predicted octanol–water partition coefficient (Wildman–Crippen LogP) is 7.21. The molecule has 0 amide bonds. The Labute approximate surface area is 232 Å². The third kappa shape index (κ3) is 4.57. The van der Waals surface area contributed by atoms with Gasteiger partial charge in [0, 0.05) is 17.5 Å². The van der Waals surface area contributed by atoms with E-state index in [1.54, 1.807) is 31.6 Å². The van der Waals surface area contributed by atoms with Crippen molar-refractivity contribution in [2.75, 3.05) is 25.9 Å². The van der Waals surface area contributed by atoms with Gasteiger partial charge in [-0.25, -0.2) is 9.50 Å². The van der Waals surface area contributed by atoms with E-state index in [2.05, 4.69) is 20.9 Å². The van der Waals surface area contributed by atoms with Crippen molar-refractivity contribution < 1.29 is 9.47 Å². The van der Waals surface area contributed by atoms with E-state index < -0.39 is 0 Å². The number of halogens is 2. The molecule has 1 saturated heterocycles. The van der Waals surface area contributed by atoms with Crippen molar-refractivity contribution in [1.29, 1.82) is 0 Å². The quantitative estimate of drug-likeness (QED) is 0.263. The number of ether oxygens (including phenoxy) is 2. The van der Waals surface area contributed by atoms with Gasteiger partial charge < -0.3 is 20.5 Å². The van der Waals surface area contributed by atoms with Crippen molar-refractivity contribution in [3.63, 3.8) is 0 Å². The van der Waals surface area contributed by atoms with E-state index in [0.717, 1.165) is 42.6 Å². The maximum atomic E-state index is 6.57. The van der Waals surface area contributed by atoms with Crippen molar-refractivity contribution >= 4 is 34.5 Å². The van der Waals surface area contributed by atoms with E-state index in [1.165, 1.54) is 36.9 Å². The zero-order valence-corrected chi connectivity index (χ0v) is 22.9. The van der Waals surface area contributed by atoms with Crippen LogP contribution in [0.5, 0.6) is 17.2 Å². The van der Waals surface area contributed by atoms with Crippen LogP contribution >= 0.6 is 23.2 Å². The minimum Gasteiger partial charge on any atom is -0.493 e. The molecule has 2 fully saturated rings. The lowest BCUT2D eigenvalue weighted by Crippen LogP contribution is -2.27. The average Bonchev–Trinajstić information content (AvgIpc) is 3.58. The molecule has 0 spiro atoms. The van der Waals surface area contributed by atoms with Crippen LogP contribution in [0, 0.1) is 0 Å². The number of fused-ring (bicyclic) bond motifs is 1. The highest BCUT2D eigenvalue weighted by molar-refractivity contribution is 6.42. The molecule has 4 aromatic rings. The number of rotatable bonds is 6. The second-order valence-corrected chi connectivity index (χ2v) is 10.9. The normalized spacial score (nSPS) is 16.8. The fraction of sp³-hybridized carbons (Fsp3) is 0.379.